The van der Waals surface area contributed by atoms with Crippen molar-refractivity contribution in [2.24, 2.45) is 52.3 Å². The number of ketones is 1. The number of esters is 1. The van der Waals surface area contributed by atoms with Crippen molar-refractivity contribution in [1.29, 1.82) is 0 Å². The fourth-order valence-electron chi connectivity index (χ4n) is 16.6. The third kappa shape index (κ3) is 12.5. The lowest BCUT2D eigenvalue weighted by Crippen LogP contribution is -2.60. The molecule has 18 heteroatoms. The molecule has 1 amide bonds. The summed E-state index contributed by atoms with van der Waals surface area (Å²) in [5, 5.41) is 75.9. The predicted octanol–water partition coefficient (Wildman–Crippen LogP) is 4.90. The molecule has 0 aromatic carbocycles. The molecule has 0 spiro atoms. The van der Waals surface area contributed by atoms with Crippen LogP contribution in [0, 0.1) is 52.3 Å². The number of carbonyl (C=O) groups is 3. The molecule has 18 nitrogen and oxygen atoms in total. The Bertz CT molecular complexity index is 2110. The second-order valence-corrected chi connectivity index (χ2v) is 27.2. The van der Waals surface area contributed by atoms with E-state index in [1.54, 1.807) is 34.6 Å². The average molecular weight is 1110 g/mol. The summed E-state index contributed by atoms with van der Waals surface area (Å²) in [6.07, 6.45) is -2.16. The first-order valence-electron chi connectivity index (χ1n) is 29.8. The van der Waals surface area contributed by atoms with E-state index in [-0.39, 0.29) is 77.6 Å². The number of aliphatic hydroxyl groups excluding tert-OH is 4. The largest absolute Gasteiger partial charge is 0.459 e. The van der Waals surface area contributed by atoms with Gasteiger partial charge in [-0.05, 0) is 167 Å². The van der Waals surface area contributed by atoms with Gasteiger partial charge in [-0.15, -0.1) is 0 Å². The highest BCUT2D eigenvalue weighted by Gasteiger charge is 2.63. The van der Waals surface area contributed by atoms with Crippen molar-refractivity contribution in [2.45, 2.75) is 257 Å². The van der Waals surface area contributed by atoms with E-state index in [1.807, 2.05) is 52.8 Å². The fraction of sp³-hybridized carbons (Fsp3) is 0.917. The average Bonchev–Trinajstić information content (AvgIpc) is 3.75. The highest BCUT2D eigenvalue weighted by Crippen LogP contribution is 2.66. The summed E-state index contributed by atoms with van der Waals surface area (Å²) >= 11 is 0. The molecule has 7 unspecified atom stereocenters. The van der Waals surface area contributed by atoms with Gasteiger partial charge >= 0.3 is 5.97 Å². The van der Waals surface area contributed by atoms with Gasteiger partial charge in [0.05, 0.1) is 47.6 Å². The number of allylic oxidation sites excluding steroid dienone is 1. The maximum absolute atomic E-state index is 14.7. The first-order chi connectivity index (χ1) is 36.3. The Hall–Kier alpha value is -2.17. The summed E-state index contributed by atoms with van der Waals surface area (Å²) in [6, 6.07) is -1.03. The fourth-order valence-corrected chi connectivity index (χ4v) is 16.6. The van der Waals surface area contributed by atoms with Crippen LogP contribution in [0.4, 0.5) is 0 Å². The minimum Gasteiger partial charge on any atom is -0.459 e. The van der Waals surface area contributed by atoms with Gasteiger partial charge in [-0.25, -0.2) is 0 Å². The molecule has 0 aromatic heterocycles. The number of aliphatic hydroxyl groups is 6. The number of fused-ring (bicyclic) bond motifs is 5. The van der Waals surface area contributed by atoms with Gasteiger partial charge in [-0.2, -0.15) is 0 Å². The second-order valence-electron chi connectivity index (χ2n) is 27.2. The summed E-state index contributed by atoms with van der Waals surface area (Å²) in [5.74, 6) is -2.39. The van der Waals surface area contributed by atoms with Gasteiger partial charge < -0.3 is 69.3 Å². The molecule has 7 rings (SSSR count). The van der Waals surface area contributed by atoms with E-state index in [2.05, 4.69) is 24.1 Å². The number of ether oxygens (including phenoxy) is 6. The zero-order valence-corrected chi connectivity index (χ0v) is 50.0. The summed E-state index contributed by atoms with van der Waals surface area (Å²) in [7, 11) is 5.27. The van der Waals surface area contributed by atoms with Crippen LogP contribution in [-0.4, -0.2) is 195 Å². The maximum atomic E-state index is 14.7. The predicted molar refractivity (Wildman–Crippen MR) is 292 cm³/mol. The lowest BCUT2D eigenvalue weighted by Gasteiger charge is -2.59. The highest BCUT2D eigenvalue weighted by atomic mass is 16.7. The Morgan fingerprint density at radius 2 is 1.59 bits per heavy atom. The number of amides is 1. The number of nitrogens with zero attached hydrogens (tertiary/aromatic N) is 2. The summed E-state index contributed by atoms with van der Waals surface area (Å²) in [4.78, 5) is 45.5. The number of likely N-dealkylation sites (N-methyl/N-ethyl adjacent to an activating group) is 1. The Morgan fingerprint density at radius 1 is 0.897 bits per heavy atom. The first kappa shape index (κ1) is 63.4. The SMILES string of the molecule is CC[C@H]1OC(=O)[C@H](C)[C@@H](OC2C[C@](C)(OC)[C@H](O)C(C)O2)[C@H](C)[C@@H](OC2OC(C)C[C@@H](N(C)C)[C@H]2O)[C@](C)(O)C[C@@H](C)CN(CCCNC(=O)[C@H]2CCC3C4CCC5=CC(=O)CC[C@]5(C)C4[C@@H](O)C[C@@]32C)[C@H](C)[C@@H](O)[C@]1(C)O. The monoisotopic (exact) mass is 1110 g/mol. The molecule has 3 heterocycles. The number of hydrogen-bond donors (Lipinski definition) is 7. The van der Waals surface area contributed by atoms with Crippen molar-refractivity contribution in [3.8, 4) is 0 Å². The highest BCUT2D eigenvalue weighted by molar-refractivity contribution is 5.91. The Kier molecular flexibility index (Phi) is 20.0. The van der Waals surface area contributed by atoms with Gasteiger partial charge in [-0.3, -0.25) is 19.3 Å². The van der Waals surface area contributed by atoms with Crippen molar-refractivity contribution in [2.75, 3.05) is 40.8 Å². The second kappa shape index (κ2) is 24.6. The normalized spacial score (nSPS) is 49.1. The number of methoxy groups -OCH3 is 1. The van der Waals surface area contributed by atoms with Gasteiger partial charge in [-0.1, -0.05) is 40.2 Å². The molecular weight excluding hydrogens is 1000 g/mol. The molecule has 0 radical (unpaired) electrons. The maximum Gasteiger partial charge on any atom is 0.311 e. The smallest absolute Gasteiger partial charge is 0.311 e. The first-order valence-corrected chi connectivity index (χ1v) is 29.8. The van der Waals surface area contributed by atoms with Crippen molar-refractivity contribution in [3.63, 3.8) is 0 Å². The lowest BCUT2D eigenvalue weighted by atomic mass is 9.46. The van der Waals surface area contributed by atoms with Crippen LogP contribution in [0.1, 0.15) is 160 Å². The topological polar surface area (TPSA) is 246 Å². The molecule has 78 heavy (non-hydrogen) atoms. The quantitative estimate of drug-likeness (QED) is 0.102. The molecule has 0 bridgehead atoms. The standard InChI is InChI=1S/C60H103N3O15/c1-16-45-60(12,72)50(67)36(6)63(25-17-24-61-53(69)42-21-20-41-40-19-18-38-27-39(64)22-23-56(38,8)47(40)44(65)29-57(41,42)9)31-32(2)28-58(10,71)52(78-55-48(66)43(62(13)14)26-33(3)74-55)34(4)49(35(5)54(70)76-45)77-46-30-59(11,73-15)51(68)37(7)75-46/h27,32-37,40-52,55,65-68,71-72H,16-26,28-31H2,1-15H3,(H,61,69)/t32-,33?,34+,35-,36-,37?,40?,41?,42-,43-,44+,45-,46?,47?,48-,49+,50-,51-,52-,55?,56+,57+,58-,59+,60-/m1/s1. The molecule has 25 atom stereocenters. The van der Waals surface area contributed by atoms with E-state index in [1.165, 1.54) is 19.6 Å². The molecule has 7 N–H and O–H groups in total. The Labute approximate surface area is 466 Å². The van der Waals surface area contributed by atoms with Crippen LogP contribution >= 0.6 is 0 Å². The molecule has 3 saturated heterocycles. The molecule has 448 valence electrons. The van der Waals surface area contributed by atoms with Crippen LogP contribution in [0.5, 0.6) is 0 Å². The van der Waals surface area contributed by atoms with E-state index in [4.69, 9.17) is 28.4 Å². The lowest BCUT2D eigenvalue weighted by molar-refractivity contribution is -0.318. The Balaban J connectivity index is 1.13. The van der Waals surface area contributed by atoms with Gasteiger partial charge in [0, 0.05) is 63.5 Å². The van der Waals surface area contributed by atoms with Crippen molar-refractivity contribution < 1.29 is 73.4 Å². The molecular formula is C60H103N3O15. The van der Waals surface area contributed by atoms with Crippen molar-refractivity contribution >= 4 is 17.7 Å². The number of rotatable bonds is 12. The summed E-state index contributed by atoms with van der Waals surface area (Å²) < 4.78 is 38.4. The zero-order chi connectivity index (χ0) is 57.8. The number of hydrogen-bond acceptors (Lipinski definition) is 17. The van der Waals surface area contributed by atoms with E-state index >= 15 is 0 Å². The van der Waals surface area contributed by atoms with Crippen LogP contribution < -0.4 is 5.32 Å². The van der Waals surface area contributed by atoms with Crippen LogP contribution in [-0.2, 0) is 42.8 Å². The third-order valence-electron chi connectivity index (χ3n) is 21.2. The van der Waals surface area contributed by atoms with E-state index < -0.39 is 102 Å². The van der Waals surface area contributed by atoms with Crippen LogP contribution in [0.2, 0.25) is 0 Å². The summed E-state index contributed by atoms with van der Waals surface area (Å²) in [5.41, 5.74) is -4.08. The van der Waals surface area contributed by atoms with Crippen molar-refractivity contribution in [1.82, 2.24) is 15.1 Å². The summed E-state index contributed by atoms with van der Waals surface area (Å²) in [6.45, 7) is 23.1. The zero-order valence-electron chi connectivity index (χ0n) is 50.0. The molecule has 0 aromatic rings. The van der Waals surface area contributed by atoms with Crippen LogP contribution in [0.15, 0.2) is 11.6 Å². The van der Waals surface area contributed by atoms with Crippen LogP contribution in [0.25, 0.3) is 0 Å². The van der Waals surface area contributed by atoms with E-state index in [0.29, 0.717) is 51.2 Å². The van der Waals surface area contributed by atoms with Gasteiger partial charge in [0.2, 0.25) is 5.91 Å². The van der Waals surface area contributed by atoms with E-state index in [9.17, 15) is 45.0 Å². The molecule has 3 saturated carbocycles. The minimum atomic E-state index is -1.94. The van der Waals surface area contributed by atoms with Gasteiger partial charge in [0.1, 0.15) is 30.0 Å². The number of cyclic esters (lactones) is 1. The molecule has 7 aliphatic rings. The minimum absolute atomic E-state index is 0.0217. The van der Waals surface area contributed by atoms with Crippen molar-refractivity contribution in [3.05, 3.63) is 11.6 Å². The van der Waals surface area contributed by atoms with Gasteiger partial charge in [0.15, 0.2) is 18.4 Å². The van der Waals surface area contributed by atoms with Crippen LogP contribution in [0.3, 0.4) is 0 Å². The van der Waals surface area contributed by atoms with E-state index in [0.717, 1.165) is 32.1 Å². The molecule has 3 aliphatic heterocycles. The molecule has 6 fully saturated rings. The molecule has 4 aliphatic carbocycles. The number of nitrogens with one attached hydrogen (secondary N) is 1. The van der Waals surface area contributed by atoms with Gasteiger partial charge in [0.25, 0.3) is 0 Å². The number of carbonyl (C=O) groups excluding carboxylic acids is 3. The Morgan fingerprint density at radius 3 is 2.24 bits per heavy atom. The third-order valence-corrected chi connectivity index (χ3v) is 21.2.